The van der Waals surface area contributed by atoms with Crippen LogP contribution in [0.2, 0.25) is 0 Å². The molecule has 1 aliphatic heterocycles. The number of anilines is 1. The molecule has 1 spiro atoms. The molecule has 1 saturated heterocycles. The Morgan fingerprint density at radius 2 is 2.23 bits per heavy atom. The maximum Gasteiger partial charge on any atom is 0.320 e. The molecule has 1 aliphatic carbocycles. The van der Waals surface area contributed by atoms with Gasteiger partial charge in [-0.05, 0) is 36.7 Å². The number of hydrogen-bond acceptors (Lipinski definition) is 5. The van der Waals surface area contributed by atoms with Crippen molar-refractivity contribution in [1.29, 1.82) is 0 Å². The highest BCUT2D eigenvalue weighted by Crippen LogP contribution is 2.57. The smallest absolute Gasteiger partial charge is 0.320 e. The zero-order valence-corrected chi connectivity index (χ0v) is 18.2. The van der Waals surface area contributed by atoms with E-state index in [1.807, 2.05) is 6.07 Å². The van der Waals surface area contributed by atoms with Crippen LogP contribution in [0.3, 0.4) is 0 Å². The summed E-state index contributed by atoms with van der Waals surface area (Å²) in [6.07, 6.45) is 8.22. The Bertz CT molecular complexity index is 1000. The summed E-state index contributed by atoms with van der Waals surface area (Å²) in [4.78, 5) is 18.3. The molecule has 1 saturated carbocycles. The Labute approximate surface area is 181 Å². The number of aromatic amines is 1. The van der Waals surface area contributed by atoms with Crippen molar-refractivity contribution in [1.82, 2.24) is 24.7 Å². The summed E-state index contributed by atoms with van der Waals surface area (Å²) in [6, 6.07) is 1.90. The van der Waals surface area contributed by atoms with Gasteiger partial charge in [-0.25, -0.2) is 15.0 Å². The Balaban J connectivity index is 1.47. The quantitative estimate of drug-likeness (QED) is 0.312. The molecule has 166 valence electrons. The minimum atomic E-state index is -2.70. The summed E-state index contributed by atoms with van der Waals surface area (Å²) in [5.74, 6) is 1.67. The standard InChI is InChI=1S/C20H25F2N7OS/c1-31(30)27-9-13-11-29(7-6-20(13)4-5-20)18-8-15(25-12-26-18)16-10-24-17(28-16)3-2-14(23)19(21)22/h2-3,8,10,12-13,19,23H,4-7,9,11H2,1H3,(H,24,28)(H,27,30)/p+2/b3-2-,23-14?. The molecule has 0 bridgehead atoms. The average Bonchev–Trinajstić information content (AvgIpc) is 3.36. The van der Waals surface area contributed by atoms with Crippen LogP contribution in [0.4, 0.5) is 14.6 Å². The number of imidazole rings is 1. The molecule has 11 heteroatoms. The number of aromatic nitrogens is 4. The van der Waals surface area contributed by atoms with Crippen LogP contribution in [0.15, 0.2) is 24.7 Å². The Morgan fingerprint density at radius 3 is 2.94 bits per heavy atom. The highest BCUT2D eigenvalue weighted by molar-refractivity contribution is 7.82. The molecular formula is C20H27F2N7OS+2. The lowest BCUT2D eigenvalue weighted by atomic mass is 9.82. The van der Waals surface area contributed by atoms with E-state index in [1.54, 1.807) is 12.5 Å². The van der Waals surface area contributed by atoms with Crippen molar-refractivity contribution in [2.45, 2.75) is 25.7 Å². The van der Waals surface area contributed by atoms with E-state index >= 15 is 0 Å². The van der Waals surface area contributed by atoms with E-state index in [0.717, 1.165) is 37.9 Å². The summed E-state index contributed by atoms with van der Waals surface area (Å²) in [5, 5.41) is 5.25. The van der Waals surface area contributed by atoms with Gasteiger partial charge in [0.15, 0.2) is 0 Å². The van der Waals surface area contributed by atoms with Crippen molar-refractivity contribution < 1.29 is 18.4 Å². The number of piperidine rings is 1. The molecule has 2 fully saturated rings. The number of thiol groups is 1. The van der Waals surface area contributed by atoms with Gasteiger partial charge in [0.2, 0.25) is 5.71 Å². The van der Waals surface area contributed by atoms with Crippen molar-refractivity contribution >= 4 is 28.6 Å². The van der Waals surface area contributed by atoms with Gasteiger partial charge in [-0.2, -0.15) is 8.78 Å². The topological polar surface area (TPSA) is 112 Å². The third-order valence-corrected chi connectivity index (χ3v) is 6.80. The normalized spacial score (nSPS) is 21.2. The molecule has 0 aromatic carbocycles. The van der Waals surface area contributed by atoms with Crippen LogP contribution in [-0.4, -0.2) is 58.0 Å². The summed E-state index contributed by atoms with van der Waals surface area (Å²) < 4.78 is 39.7. The van der Waals surface area contributed by atoms with Gasteiger partial charge in [0.1, 0.15) is 35.2 Å². The zero-order chi connectivity index (χ0) is 22.0. The number of hydrogen-bond donors (Lipinski definition) is 3. The minimum Gasteiger partial charge on any atom is -0.356 e. The van der Waals surface area contributed by atoms with Gasteiger partial charge in [-0.1, -0.05) is 4.21 Å². The largest absolute Gasteiger partial charge is 0.356 e. The monoisotopic (exact) mass is 451 g/mol. The van der Waals surface area contributed by atoms with Crippen molar-refractivity contribution in [2.24, 2.45) is 11.3 Å². The maximum atomic E-state index is 12.5. The van der Waals surface area contributed by atoms with Gasteiger partial charge in [-0.15, -0.1) is 4.72 Å². The first-order valence-corrected chi connectivity index (χ1v) is 11.9. The summed E-state index contributed by atoms with van der Waals surface area (Å²) in [5.41, 5.74) is 1.20. The second-order valence-corrected chi connectivity index (χ2v) is 9.50. The number of H-pyrrole nitrogens is 1. The van der Waals surface area contributed by atoms with Gasteiger partial charge in [0.05, 0.1) is 17.6 Å². The van der Waals surface area contributed by atoms with Gasteiger partial charge >= 0.3 is 6.43 Å². The summed E-state index contributed by atoms with van der Waals surface area (Å²) in [7, 11) is -1.36. The zero-order valence-electron chi connectivity index (χ0n) is 17.3. The Morgan fingerprint density at radius 1 is 1.42 bits per heavy atom. The lowest BCUT2D eigenvalue weighted by Crippen LogP contribution is -2.46. The highest BCUT2D eigenvalue weighted by atomic mass is 32.2. The lowest BCUT2D eigenvalue weighted by molar-refractivity contribution is -0.124. The molecule has 31 heavy (non-hydrogen) atoms. The maximum absolute atomic E-state index is 12.5. The number of alkyl halides is 2. The van der Waals surface area contributed by atoms with Crippen LogP contribution >= 0.6 is 0 Å². The average molecular weight is 452 g/mol. The van der Waals surface area contributed by atoms with Gasteiger partial charge in [0.25, 0.3) is 0 Å². The second-order valence-electron chi connectivity index (χ2n) is 8.19. The van der Waals surface area contributed by atoms with Crippen molar-refractivity contribution in [3.05, 3.63) is 30.5 Å². The van der Waals surface area contributed by atoms with E-state index < -0.39 is 23.1 Å². The first-order chi connectivity index (χ1) is 14.9. The predicted molar refractivity (Wildman–Crippen MR) is 117 cm³/mol. The number of nitrogens with zero attached hydrogens (tertiary/aromatic N) is 4. The van der Waals surface area contributed by atoms with Crippen LogP contribution in [0.5, 0.6) is 0 Å². The number of rotatable bonds is 8. The van der Waals surface area contributed by atoms with Crippen LogP contribution < -0.4 is 15.0 Å². The first kappa shape index (κ1) is 21.7. The fourth-order valence-electron chi connectivity index (χ4n) is 4.13. The van der Waals surface area contributed by atoms with E-state index in [1.165, 1.54) is 25.2 Å². The molecule has 8 nitrogen and oxygen atoms in total. The first-order valence-electron chi connectivity index (χ1n) is 10.2. The van der Waals surface area contributed by atoms with Crippen molar-refractivity contribution in [3.63, 3.8) is 0 Å². The Hall–Kier alpha value is -2.53. The van der Waals surface area contributed by atoms with Crippen LogP contribution in [0.25, 0.3) is 17.5 Å². The lowest BCUT2D eigenvalue weighted by Gasteiger charge is -2.39. The number of allylic oxidation sites excluding steroid dienone is 1. The Kier molecular flexibility index (Phi) is 6.24. The molecular weight excluding hydrogens is 424 g/mol. The number of halogens is 2. The fraction of sp³-hybridized carbons (Fsp3) is 0.500. The van der Waals surface area contributed by atoms with E-state index in [2.05, 4.69) is 29.6 Å². The molecule has 4 N–H and O–H groups in total. The van der Waals surface area contributed by atoms with E-state index in [4.69, 9.17) is 5.41 Å². The van der Waals surface area contributed by atoms with Gasteiger partial charge < -0.3 is 9.88 Å². The molecule has 3 heterocycles. The molecule has 2 aromatic rings. The second kappa shape index (κ2) is 8.91. The molecule has 0 radical (unpaired) electrons. The van der Waals surface area contributed by atoms with Crippen LogP contribution in [0, 0.1) is 11.3 Å². The van der Waals surface area contributed by atoms with Gasteiger partial charge in [-0.3, -0.25) is 5.41 Å². The van der Waals surface area contributed by atoms with Crippen molar-refractivity contribution in [2.75, 3.05) is 30.8 Å². The minimum absolute atomic E-state index is 0.381. The molecule has 2 aliphatic rings. The summed E-state index contributed by atoms with van der Waals surface area (Å²) in [6.45, 7) is 2.52. The highest BCUT2D eigenvalue weighted by Gasteiger charge is 2.51. The fourth-order valence-corrected chi connectivity index (χ4v) is 4.60. The molecule has 2 unspecified atom stereocenters. The number of nitrogens with one attached hydrogen (secondary N) is 2. The van der Waals surface area contributed by atoms with Crippen molar-refractivity contribution in [3.8, 4) is 11.4 Å². The molecule has 4 rings (SSSR count). The summed E-state index contributed by atoms with van der Waals surface area (Å²) >= 11 is 0. The van der Waals surface area contributed by atoms with E-state index in [-0.39, 0.29) is 0 Å². The number of nitrogens with two attached hydrogens (primary N) is 1. The SMILES string of the molecule is C[SH+](=O)NCC1CN(c2cc(-c3cnc(/C=C\C(=[NH2+])C(F)F)[nH]3)ncn2)CCC12CC2. The molecule has 0 amide bonds. The molecule has 2 atom stereocenters. The van der Waals surface area contributed by atoms with Gasteiger partial charge in [0, 0.05) is 31.8 Å². The van der Waals surface area contributed by atoms with E-state index in [0.29, 0.717) is 28.5 Å². The van der Waals surface area contributed by atoms with Crippen LogP contribution in [-0.2, 0) is 15.2 Å². The molecule has 2 aromatic heterocycles. The third kappa shape index (κ3) is 5.04. The van der Waals surface area contributed by atoms with Crippen LogP contribution in [0.1, 0.15) is 25.1 Å². The van der Waals surface area contributed by atoms with E-state index in [9.17, 15) is 13.0 Å². The third-order valence-electron chi connectivity index (χ3n) is 6.17. The predicted octanol–water partition coefficient (Wildman–Crippen LogP) is 0.782.